The molecule has 2 heterocycles. The molecule has 5 aromatic carbocycles. The summed E-state index contributed by atoms with van der Waals surface area (Å²) in [5.41, 5.74) is 7.68. The van der Waals surface area contributed by atoms with Crippen LogP contribution in [-0.4, -0.2) is 42.8 Å². The predicted octanol–water partition coefficient (Wildman–Crippen LogP) is 11.6. The lowest BCUT2D eigenvalue weighted by molar-refractivity contribution is -0.136. The summed E-state index contributed by atoms with van der Waals surface area (Å²) in [5, 5.41) is 14.3. The highest BCUT2D eigenvalue weighted by molar-refractivity contribution is 6.31. The molecule has 1 saturated carbocycles. The molecule has 1 aliphatic carbocycles. The average Bonchev–Trinajstić information content (AvgIpc) is 3.91. The first-order valence-electron chi connectivity index (χ1n) is 21.2. The molecule has 0 bridgehead atoms. The molecule has 0 N–H and O–H groups in total. The van der Waals surface area contributed by atoms with Crippen LogP contribution in [0.25, 0.3) is 28.6 Å². The minimum absolute atomic E-state index is 0.304. The standard InChI is InChI=1S/C51H51ClN6O2/c1-3-4-29-47-53-48(52)46(35-40(50(59)60-2)34-37-19-9-5-10-20-37)57(47)36-38-30-32-39(33-31-38)44-27-17-18-28-45(44)49-54-55-56-58(49)51(41-21-11-6-12-22-41,42-23-13-7-14-24-42)43-25-15-8-16-26-43/h6-8,11-18,21-28,30-33,35,37H,3-5,9-10,19-20,29,34,36H2,1-2H3. The van der Waals surface area contributed by atoms with E-state index in [1.165, 1.54) is 26.4 Å². The highest BCUT2D eigenvalue weighted by Crippen LogP contribution is 2.43. The molecule has 1 fully saturated rings. The lowest BCUT2D eigenvalue weighted by atomic mass is 9.77. The average molecular weight is 815 g/mol. The molecule has 1 aliphatic rings. The zero-order valence-electron chi connectivity index (χ0n) is 34.4. The number of unbranched alkanes of at least 4 members (excludes halogenated alkanes) is 1. The molecule has 9 heteroatoms. The number of halogens is 1. The monoisotopic (exact) mass is 814 g/mol. The number of carbonyl (C=O) groups excluding carboxylic acids is 1. The molecule has 8 nitrogen and oxygen atoms in total. The number of hydrogen-bond donors (Lipinski definition) is 0. The van der Waals surface area contributed by atoms with Crippen LogP contribution in [0.2, 0.25) is 5.15 Å². The van der Waals surface area contributed by atoms with E-state index in [2.05, 4.69) is 132 Å². The van der Waals surface area contributed by atoms with Gasteiger partial charge in [-0.1, -0.05) is 197 Å². The molecule has 2 aromatic heterocycles. The third-order valence-electron chi connectivity index (χ3n) is 11.9. The molecule has 60 heavy (non-hydrogen) atoms. The summed E-state index contributed by atoms with van der Waals surface area (Å²) < 4.78 is 9.44. The van der Waals surface area contributed by atoms with Crippen molar-refractivity contribution in [1.82, 2.24) is 29.8 Å². The molecular weight excluding hydrogens is 764 g/mol. The zero-order chi connectivity index (χ0) is 41.3. The molecule has 304 valence electrons. The maximum atomic E-state index is 13.2. The van der Waals surface area contributed by atoms with Gasteiger partial charge in [0.2, 0.25) is 0 Å². The second kappa shape index (κ2) is 18.9. The molecule has 7 aromatic rings. The minimum Gasteiger partial charge on any atom is -0.466 e. The number of carbonyl (C=O) groups is 1. The van der Waals surface area contributed by atoms with Gasteiger partial charge in [0.05, 0.1) is 12.8 Å². The number of nitrogens with zero attached hydrogens (tertiary/aromatic N) is 6. The Bertz CT molecular complexity index is 2430. The first-order chi connectivity index (χ1) is 29.5. The Balaban J connectivity index is 1.18. The van der Waals surface area contributed by atoms with E-state index in [4.69, 9.17) is 31.6 Å². The Labute approximate surface area is 357 Å². The van der Waals surface area contributed by atoms with Crippen LogP contribution < -0.4 is 0 Å². The second-order valence-corrected chi connectivity index (χ2v) is 16.1. The van der Waals surface area contributed by atoms with Crippen LogP contribution in [0.15, 0.2) is 145 Å². The van der Waals surface area contributed by atoms with Gasteiger partial charge in [-0.3, -0.25) is 0 Å². The smallest absolute Gasteiger partial charge is 0.333 e. The summed E-state index contributed by atoms with van der Waals surface area (Å²) in [6.45, 7) is 2.73. The van der Waals surface area contributed by atoms with Gasteiger partial charge < -0.3 is 9.30 Å². The zero-order valence-corrected chi connectivity index (χ0v) is 35.1. The maximum Gasteiger partial charge on any atom is 0.333 e. The first-order valence-corrected chi connectivity index (χ1v) is 21.6. The molecule has 0 atom stereocenters. The third kappa shape index (κ3) is 8.34. The minimum atomic E-state index is -0.878. The van der Waals surface area contributed by atoms with E-state index in [0.29, 0.717) is 35.4 Å². The van der Waals surface area contributed by atoms with Gasteiger partial charge in [0.15, 0.2) is 11.0 Å². The predicted molar refractivity (Wildman–Crippen MR) is 239 cm³/mol. The van der Waals surface area contributed by atoms with Crippen LogP contribution in [0.4, 0.5) is 0 Å². The number of hydrogen-bond acceptors (Lipinski definition) is 6. The number of methoxy groups -OCH3 is 1. The number of aromatic nitrogens is 6. The Morgan fingerprint density at radius 3 is 1.95 bits per heavy atom. The molecule has 0 unspecified atom stereocenters. The molecule has 0 spiro atoms. The van der Waals surface area contributed by atoms with Crippen LogP contribution in [-0.2, 0) is 28.0 Å². The summed E-state index contributed by atoms with van der Waals surface area (Å²) in [5.74, 6) is 1.72. The lowest BCUT2D eigenvalue weighted by Crippen LogP contribution is -2.39. The van der Waals surface area contributed by atoms with Crippen molar-refractivity contribution >= 4 is 23.6 Å². The van der Waals surface area contributed by atoms with Gasteiger partial charge in [0.1, 0.15) is 11.4 Å². The third-order valence-corrected chi connectivity index (χ3v) is 12.2. The number of esters is 1. The fourth-order valence-corrected chi connectivity index (χ4v) is 9.16. The number of benzene rings is 5. The van der Waals surface area contributed by atoms with E-state index in [1.807, 2.05) is 35.0 Å². The SMILES string of the molecule is CCCCc1nc(Cl)c(C=C(CC2CCCCC2)C(=O)OC)n1Cc1ccc(-c2ccccc2-c2nnnn2C(c2ccccc2)(c2ccccc2)c2ccccc2)cc1. The molecule has 8 rings (SSSR count). The van der Waals surface area contributed by atoms with E-state index in [0.717, 1.165) is 82.6 Å². The fourth-order valence-electron chi connectivity index (χ4n) is 8.91. The van der Waals surface area contributed by atoms with Gasteiger partial charge in [0.25, 0.3) is 0 Å². The fraction of sp³-hybridized carbons (Fsp3) is 0.275. The molecule has 0 saturated heterocycles. The summed E-state index contributed by atoms with van der Waals surface area (Å²) in [6, 6.07) is 48.3. The van der Waals surface area contributed by atoms with Gasteiger partial charge >= 0.3 is 5.97 Å². The van der Waals surface area contributed by atoms with E-state index in [9.17, 15) is 4.79 Å². The Hall–Kier alpha value is -6.12. The van der Waals surface area contributed by atoms with Crippen molar-refractivity contribution in [2.24, 2.45) is 5.92 Å². The van der Waals surface area contributed by atoms with Gasteiger partial charge in [-0.05, 0) is 68.6 Å². The number of imidazole rings is 1. The van der Waals surface area contributed by atoms with Gasteiger partial charge in [-0.25, -0.2) is 14.5 Å². The van der Waals surface area contributed by atoms with Crippen LogP contribution in [0, 0.1) is 5.92 Å². The van der Waals surface area contributed by atoms with Gasteiger partial charge in [-0.2, -0.15) is 0 Å². The van der Waals surface area contributed by atoms with E-state index in [1.54, 1.807) is 0 Å². The van der Waals surface area contributed by atoms with Crippen molar-refractivity contribution in [2.45, 2.75) is 76.8 Å². The van der Waals surface area contributed by atoms with Crippen LogP contribution >= 0.6 is 11.6 Å². The lowest BCUT2D eigenvalue weighted by Gasteiger charge is -2.36. The van der Waals surface area contributed by atoms with E-state index in [-0.39, 0.29) is 5.97 Å². The van der Waals surface area contributed by atoms with Crippen molar-refractivity contribution in [3.05, 3.63) is 184 Å². The summed E-state index contributed by atoms with van der Waals surface area (Å²) in [7, 11) is 1.45. The number of ether oxygens (including phenoxy) is 1. The van der Waals surface area contributed by atoms with Gasteiger partial charge in [0, 0.05) is 24.1 Å². The van der Waals surface area contributed by atoms with Crippen LogP contribution in [0.1, 0.15) is 92.1 Å². The number of rotatable bonds is 15. The normalized spacial score (nSPS) is 13.7. The summed E-state index contributed by atoms with van der Waals surface area (Å²) in [6.07, 6.45) is 11.3. The molecule has 0 aliphatic heterocycles. The number of aryl methyl sites for hydroxylation is 1. The second-order valence-electron chi connectivity index (χ2n) is 15.7. The highest BCUT2D eigenvalue weighted by atomic mass is 35.5. The van der Waals surface area contributed by atoms with Crippen LogP contribution in [0.3, 0.4) is 0 Å². The molecule has 0 radical (unpaired) electrons. The van der Waals surface area contributed by atoms with Crippen LogP contribution in [0.5, 0.6) is 0 Å². The summed E-state index contributed by atoms with van der Waals surface area (Å²) in [4.78, 5) is 18.0. The Morgan fingerprint density at radius 2 is 1.37 bits per heavy atom. The number of tetrazole rings is 1. The summed E-state index contributed by atoms with van der Waals surface area (Å²) >= 11 is 6.92. The van der Waals surface area contributed by atoms with E-state index >= 15 is 0 Å². The van der Waals surface area contributed by atoms with Crippen molar-refractivity contribution in [3.63, 3.8) is 0 Å². The van der Waals surface area contributed by atoms with Gasteiger partial charge in [-0.15, -0.1) is 5.10 Å². The maximum absolute atomic E-state index is 13.2. The Morgan fingerprint density at radius 1 is 0.783 bits per heavy atom. The highest BCUT2D eigenvalue weighted by Gasteiger charge is 2.42. The molecule has 0 amide bonds. The quantitative estimate of drug-likeness (QED) is 0.0582. The topological polar surface area (TPSA) is 87.7 Å². The first kappa shape index (κ1) is 40.7. The Kier molecular flexibility index (Phi) is 12.8. The van der Waals surface area contributed by atoms with Crippen molar-refractivity contribution in [3.8, 4) is 22.5 Å². The molecular formula is C51H51ClN6O2. The van der Waals surface area contributed by atoms with Crippen molar-refractivity contribution in [1.29, 1.82) is 0 Å². The van der Waals surface area contributed by atoms with Crippen molar-refractivity contribution in [2.75, 3.05) is 7.11 Å². The van der Waals surface area contributed by atoms with Crippen molar-refractivity contribution < 1.29 is 9.53 Å². The largest absolute Gasteiger partial charge is 0.466 e. The van der Waals surface area contributed by atoms with E-state index < -0.39 is 5.54 Å².